The average Bonchev–Trinajstić information content (AvgIpc) is 2.71. The first-order valence-corrected chi connectivity index (χ1v) is 8.03. The van der Waals surface area contributed by atoms with Crippen molar-refractivity contribution in [1.82, 2.24) is 10.2 Å². The number of nitrogens with zero attached hydrogens (tertiary/aromatic N) is 1. The topological polar surface area (TPSA) is 58.6 Å². The standard InChI is InChI=1S/C17H22N2O3/c20-15-17(10-6-1-2-7-11-17)18-16(21)19(15)12-13-22-14-8-4-3-5-9-14/h3-5,8-9H,1-2,6-7,10-13H2,(H,18,21). The van der Waals surface area contributed by atoms with E-state index in [1.54, 1.807) is 0 Å². The third-order valence-corrected chi connectivity index (χ3v) is 4.53. The molecule has 2 aliphatic rings. The number of urea groups is 1. The summed E-state index contributed by atoms with van der Waals surface area (Å²) in [5.74, 6) is 0.676. The van der Waals surface area contributed by atoms with Crippen LogP contribution in [0, 0.1) is 0 Å². The Kier molecular flexibility index (Phi) is 4.32. The molecule has 0 atom stereocenters. The zero-order valence-corrected chi connectivity index (χ0v) is 12.7. The summed E-state index contributed by atoms with van der Waals surface area (Å²) >= 11 is 0. The molecular weight excluding hydrogens is 280 g/mol. The van der Waals surface area contributed by atoms with Gasteiger partial charge in [-0.25, -0.2) is 4.79 Å². The van der Waals surface area contributed by atoms with Gasteiger partial charge in [0.1, 0.15) is 17.9 Å². The van der Waals surface area contributed by atoms with Crippen LogP contribution in [0.5, 0.6) is 5.75 Å². The number of hydrogen-bond acceptors (Lipinski definition) is 3. The van der Waals surface area contributed by atoms with Crippen molar-refractivity contribution in [2.24, 2.45) is 0 Å². The van der Waals surface area contributed by atoms with E-state index >= 15 is 0 Å². The van der Waals surface area contributed by atoms with Crippen molar-refractivity contribution in [3.8, 4) is 5.75 Å². The van der Waals surface area contributed by atoms with Gasteiger partial charge in [0, 0.05) is 0 Å². The second kappa shape index (κ2) is 6.38. The van der Waals surface area contributed by atoms with E-state index in [2.05, 4.69) is 5.32 Å². The molecule has 1 N–H and O–H groups in total. The van der Waals surface area contributed by atoms with E-state index in [0.717, 1.165) is 44.3 Å². The van der Waals surface area contributed by atoms with E-state index in [1.165, 1.54) is 4.90 Å². The molecule has 5 heteroatoms. The highest BCUT2D eigenvalue weighted by molar-refractivity contribution is 6.07. The maximum Gasteiger partial charge on any atom is 0.325 e. The van der Waals surface area contributed by atoms with Crippen molar-refractivity contribution < 1.29 is 14.3 Å². The lowest BCUT2D eigenvalue weighted by Crippen LogP contribution is -2.46. The number of para-hydroxylation sites is 1. The third kappa shape index (κ3) is 2.93. The number of rotatable bonds is 4. The van der Waals surface area contributed by atoms with Crippen LogP contribution in [0.25, 0.3) is 0 Å². The largest absolute Gasteiger partial charge is 0.492 e. The number of amides is 3. The van der Waals surface area contributed by atoms with Crippen molar-refractivity contribution in [1.29, 1.82) is 0 Å². The van der Waals surface area contributed by atoms with Gasteiger partial charge in [-0.05, 0) is 25.0 Å². The van der Waals surface area contributed by atoms with E-state index in [4.69, 9.17) is 4.74 Å². The quantitative estimate of drug-likeness (QED) is 0.870. The van der Waals surface area contributed by atoms with Crippen molar-refractivity contribution in [3.05, 3.63) is 30.3 Å². The zero-order chi connectivity index (χ0) is 15.4. The Hall–Kier alpha value is -2.04. The van der Waals surface area contributed by atoms with Crippen LogP contribution in [0.1, 0.15) is 38.5 Å². The van der Waals surface area contributed by atoms with Crippen LogP contribution in [0.15, 0.2) is 30.3 Å². The Morgan fingerprint density at radius 1 is 1.05 bits per heavy atom. The maximum atomic E-state index is 12.7. The summed E-state index contributed by atoms with van der Waals surface area (Å²) in [6, 6.07) is 9.15. The molecule has 2 fully saturated rings. The first-order valence-electron chi connectivity index (χ1n) is 8.03. The van der Waals surface area contributed by atoms with E-state index in [1.807, 2.05) is 30.3 Å². The number of ether oxygens (including phenoxy) is 1. The summed E-state index contributed by atoms with van der Waals surface area (Å²) < 4.78 is 5.59. The molecular formula is C17H22N2O3. The molecule has 3 amide bonds. The van der Waals surface area contributed by atoms with Crippen LogP contribution in [0.2, 0.25) is 0 Å². The summed E-state index contributed by atoms with van der Waals surface area (Å²) in [4.78, 5) is 26.1. The second-order valence-corrected chi connectivity index (χ2v) is 6.04. The van der Waals surface area contributed by atoms with E-state index in [9.17, 15) is 9.59 Å². The predicted molar refractivity (Wildman–Crippen MR) is 82.6 cm³/mol. The van der Waals surface area contributed by atoms with Gasteiger partial charge in [-0.1, -0.05) is 43.9 Å². The van der Waals surface area contributed by atoms with Gasteiger partial charge in [-0.2, -0.15) is 0 Å². The Morgan fingerprint density at radius 3 is 2.41 bits per heavy atom. The second-order valence-electron chi connectivity index (χ2n) is 6.04. The molecule has 22 heavy (non-hydrogen) atoms. The maximum absolute atomic E-state index is 12.7. The van der Waals surface area contributed by atoms with Gasteiger partial charge in [-0.3, -0.25) is 9.69 Å². The lowest BCUT2D eigenvalue weighted by atomic mass is 9.90. The van der Waals surface area contributed by atoms with Crippen molar-refractivity contribution in [2.75, 3.05) is 13.2 Å². The van der Waals surface area contributed by atoms with Gasteiger partial charge in [0.05, 0.1) is 6.54 Å². The molecule has 1 aromatic rings. The summed E-state index contributed by atoms with van der Waals surface area (Å²) in [5, 5.41) is 2.94. The fourth-order valence-corrected chi connectivity index (χ4v) is 3.32. The van der Waals surface area contributed by atoms with Crippen LogP contribution in [0.3, 0.4) is 0 Å². The van der Waals surface area contributed by atoms with Crippen molar-refractivity contribution >= 4 is 11.9 Å². The normalized spacial score (nSPS) is 20.8. The molecule has 1 spiro atoms. The Morgan fingerprint density at radius 2 is 1.73 bits per heavy atom. The highest BCUT2D eigenvalue weighted by Gasteiger charge is 2.50. The molecule has 0 aromatic heterocycles. The van der Waals surface area contributed by atoms with Crippen molar-refractivity contribution in [3.63, 3.8) is 0 Å². The molecule has 1 aromatic carbocycles. The first-order chi connectivity index (χ1) is 10.7. The Bertz CT molecular complexity index is 536. The van der Waals surface area contributed by atoms with E-state index in [-0.39, 0.29) is 11.9 Å². The van der Waals surface area contributed by atoms with Gasteiger partial charge < -0.3 is 10.1 Å². The molecule has 118 valence electrons. The van der Waals surface area contributed by atoms with Gasteiger partial charge >= 0.3 is 6.03 Å². The minimum absolute atomic E-state index is 0.0731. The van der Waals surface area contributed by atoms with E-state index < -0.39 is 5.54 Å². The molecule has 0 unspecified atom stereocenters. The fraction of sp³-hybridized carbons (Fsp3) is 0.529. The predicted octanol–water partition coefficient (Wildman–Crippen LogP) is 2.71. The van der Waals surface area contributed by atoms with Gasteiger partial charge in [0.15, 0.2) is 0 Å². The molecule has 0 bridgehead atoms. The lowest BCUT2D eigenvalue weighted by molar-refractivity contribution is -0.132. The average molecular weight is 302 g/mol. The summed E-state index contributed by atoms with van der Waals surface area (Å²) in [7, 11) is 0. The Labute approximate surface area is 130 Å². The van der Waals surface area contributed by atoms with Crippen LogP contribution in [-0.2, 0) is 4.79 Å². The highest BCUT2D eigenvalue weighted by Crippen LogP contribution is 2.32. The van der Waals surface area contributed by atoms with Gasteiger partial charge in [-0.15, -0.1) is 0 Å². The molecule has 1 heterocycles. The number of hydrogen-bond donors (Lipinski definition) is 1. The van der Waals surface area contributed by atoms with E-state index in [0.29, 0.717) is 13.2 Å². The fourth-order valence-electron chi connectivity index (χ4n) is 3.32. The number of nitrogens with one attached hydrogen (secondary N) is 1. The monoisotopic (exact) mass is 302 g/mol. The van der Waals surface area contributed by atoms with Crippen LogP contribution in [0.4, 0.5) is 4.79 Å². The van der Waals surface area contributed by atoms with Crippen LogP contribution < -0.4 is 10.1 Å². The lowest BCUT2D eigenvalue weighted by Gasteiger charge is -2.24. The number of carbonyl (C=O) groups is 2. The summed E-state index contributed by atoms with van der Waals surface area (Å²) in [6.07, 6.45) is 5.80. The first kappa shape index (κ1) is 14.9. The molecule has 0 radical (unpaired) electrons. The van der Waals surface area contributed by atoms with Gasteiger partial charge in [0.2, 0.25) is 0 Å². The highest BCUT2D eigenvalue weighted by atomic mass is 16.5. The van der Waals surface area contributed by atoms with Crippen LogP contribution >= 0.6 is 0 Å². The molecule has 3 rings (SSSR count). The van der Waals surface area contributed by atoms with Gasteiger partial charge in [0.25, 0.3) is 5.91 Å². The summed E-state index contributed by atoms with van der Waals surface area (Å²) in [6.45, 7) is 0.612. The minimum atomic E-state index is -0.652. The van der Waals surface area contributed by atoms with Crippen LogP contribution in [-0.4, -0.2) is 35.5 Å². The minimum Gasteiger partial charge on any atom is -0.492 e. The third-order valence-electron chi connectivity index (χ3n) is 4.53. The smallest absolute Gasteiger partial charge is 0.325 e. The number of carbonyl (C=O) groups excluding carboxylic acids is 2. The zero-order valence-electron chi connectivity index (χ0n) is 12.7. The van der Waals surface area contributed by atoms with Crippen molar-refractivity contribution in [2.45, 2.75) is 44.1 Å². The molecule has 1 saturated heterocycles. The number of benzene rings is 1. The SMILES string of the molecule is O=C1NC2(CCCCCC2)C(=O)N1CCOc1ccccc1. The molecule has 1 aliphatic heterocycles. The summed E-state index contributed by atoms with van der Waals surface area (Å²) in [5.41, 5.74) is -0.652. The molecule has 5 nitrogen and oxygen atoms in total. The number of imide groups is 1. The molecule has 1 saturated carbocycles. The molecule has 1 aliphatic carbocycles. The Balaban J connectivity index is 1.59.